The van der Waals surface area contributed by atoms with Crippen molar-refractivity contribution in [3.63, 3.8) is 0 Å². The van der Waals surface area contributed by atoms with E-state index in [-0.39, 0.29) is 13.4 Å². The first-order chi connectivity index (χ1) is 36.2. The van der Waals surface area contributed by atoms with Crippen LogP contribution in [-0.4, -0.2) is 22.6 Å². The van der Waals surface area contributed by atoms with Gasteiger partial charge in [-0.15, -0.1) is 0 Å². The number of nitrogen functional groups attached to an aromatic ring is 1. The van der Waals surface area contributed by atoms with E-state index in [1.807, 2.05) is 0 Å². The maximum Gasteiger partial charge on any atom is 0.259 e. The first-order valence-corrected chi connectivity index (χ1v) is 25.5. The summed E-state index contributed by atoms with van der Waals surface area (Å²) in [5, 5.41) is 6.32. The van der Waals surface area contributed by atoms with Crippen molar-refractivity contribution < 1.29 is 9.47 Å². The van der Waals surface area contributed by atoms with Crippen LogP contribution in [0.15, 0.2) is 206 Å². The molecule has 0 bridgehead atoms. The van der Waals surface area contributed by atoms with Crippen molar-refractivity contribution in [1.29, 1.82) is 0 Å². The second-order valence-electron chi connectivity index (χ2n) is 20.2. The Hall–Kier alpha value is -9.19. The lowest BCUT2D eigenvalue weighted by Gasteiger charge is -2.38. The third-order valence-electron chi connectivity index (χ3n) is 16.7. The van der Waals surface area contributed by atoms with Crippen LogP contribution in [0.25, 0.3) is 89.1 Å². The zero-order chi connectivity index (χ0) is 47.6. The molecule has 0 atom stereocenters. The number of hydrogen-bond donors (Lipinski definition) is 1. The van der Waals surface area contributed by atoms with Crippen LogP contribution in [0, 0.1) is 0 Å². The molecule has 73 heavy (non-hydrogen) atoms. The minimum Gasteiger partial charge on any atom is -0.458 e. The Labute approximate surface area is 421 Å². The SMILES string of the molecule is Nc1c2c(cc3c1B1c4c(cccc4-n4c5cccc(-c6ccccc6)c5c5c(-c6ccccc6)ccc1c54)O3)Oc1cccc3c1B2c1ccc(-c2ccccc2)c2c4c(n-3c12)=CCCC=4c1ccccc1. The number of nitrogens with zero attached hydrogens (tertiary/aromatic N) is 2. The summed E-state index contributed by atoms with van der Waals surface area (Å²) >= 11 is 0. The molecule has 0 amide bonds. The number of hydrogen-bond acceptors (Lipinski definition) is 3. The fraction of sp³-hybridized carbons (Fsp3) is 0.0303. The van der Waals surface area contributed by atoms with E-state index in [4.69, 9.17) is 15.2 Å². The van der Waals surface area contributed by atoms with Gasteiger partial charge in [0.15, 0.2) is 0 Å². The lowest BCUT2D eigenvalue weighted by molar-refractivity contribution is 0.466. The Morgan fingerprint density at radius 2 is 0.904 bits per heavy atom. The molecule has 0 unspecified atom stereocenters. The summed E-state index contributed by atoms with van der Waals surface area (Å²) < 4.78 is 19.4. The van der Waals surface area contributed by atoms with Gasteiger partial charge in [0.25, 0.3) is 13.4 Å². The van der Waals surface area contributed by atoms with Gasteiger partial charge in [-0.3, -0.25) is 0 Å². The Morgan fingerprint density at radius 1 is 0.411 bits per heavy atom. The molecule has 2 aromatic heterocycles. The maximum atomic E-state index is 8.04. The number of aromatic nitrogens is 2. The van der Waals surface area contributed by atoms with Crippen LogP contribution < -0.4 is 58.6 Å². The lowest BCUT2D eigenvalue weighted by atomic mass is 9.30. The van der Waals surface area contributed by atoms with Gasteiger partial charge in [-0.1, -0.05) is 176 Å². The zero-order valence-electron chi connectivity index (χ0n) is 39.6. The highest BCUT2D eigenvalue weighted by Gasteiger charge is 2.47. The highest BCUT2D eigenvalue weighted by molar-refractivity contribution is 7.03. The molecule has 0 fully saturated rings. The minimum absolute atomic E-state index is 0.211. The molecule has 5 nitrogen and oxygen atoms in total. The molecule has 0 saturated carbocycles. The van der Waals surface area contributed by atoms with Crippen LogP contribution in [0.4, 0.5) is 5.69 Å². The van der Waals surface area contributed by atoms with Gasteiger partial charge in [0, 0.05) is 50.0 Å². The molecule has 2 N–H and O–H groups in total. The molecular formula is C66H41B2N3O2. The number of anilines is 1. The summed E-state index contributed by atoms with van der Waals surface area (Å²) in [6.45, 7) is -0.434. The first-order valence-electron chi connectivity index (χ1n) is 25.5. The first kappa shape index (κ1) is 39.5. The molecule has 338 valence electrons. The second-order valence-corrected chi connectivity index (χ2v) is 20.2. The van der Waals surface area contributed by atoms with Crippen molar-refractivity contribution in [2.75, 3.05) is 5.73 Å². The lowest BCUT2D eigenvalue weighted by Crippen LogP contribution is -2.63. The summed E-state index contributed by atoms with van der Waals surface area (Å²) in [6.07, 6.45) is 4.38. The number of nitrogens with two attached hydrogens (primary N) is 1. The highest BCUT2D eigenvalue weighted by atomic mass is 16.5. The molecule has 7 heteroatoms. The third-order valence-corrected chi connectivity index (χ3v) is 16.7. The van der Waals surface area contributed by atoms with E-state index >= 15 is 0 Å². The van der Waals surface area contributed by atoms with Gasteiger partial charge in [0.1, 0.15) is 23.0 Å². The molecule has 10 aromatic carbocycles. The van der Waals surface area contributed by atoms with Crippen molar-refractivity contribution in [1.82, 2.24) is 9.13 Å². The molecular weight excluding hydrogens is 888 g/mol. The molecule has 0 spiro atoms. The van der Waals surface area contributed by atoms with Crippen LogP contribution in [0.1, 0.15) is 18.4 Å². The third kappa shape index (κ3) is 5.13. The maximum absolute atomic E-state index is 8.04. The van der Waals surface area contributed by atoms with Gasteiger partial charge in [0.05, 0.1) is 16.4 Å². The van der Waals surface area contributed by atoms with Gasteiger partial charge in [0.2, 0.25) is 0 Å². The smallest absolute Gasteiger partial charge is 0.259 e. The molecule has 1 aliphatic carbocycles. The molecule has 6 heterocycles. The zero-order valence-corrected chi connectivity index (χ0v) is 39.6. The van der Waals surface area contributed by atoms with E-state index in [1.54, 1.807) is 0 Å². The van der Waals surface area contributed by atoms with Crippen molar-refractivity contribution in [3.05, 3.63) is 222 Å². The summed E-state index contributed by atoms with van der Waals surface area (Å²) in [5.74, 6) is 3.15. The molecule has 0 saturated heterocycles. The van der Waals surface area contributed by atoms with Crippen LogP contribution >= 0.6 is 0 Å². The van der Waals surface area contributed by atoms with E-state index < -0.39 is 0 Å². The molecule has 4 aliphatic heterocycles. The van der Waals surface area contributed by atoms with Gasteiger partial charge in [-0.25, -0.2) is 0 Å². The topological polar surface area (TPSA) is 54.3 Å². The summed E-state index contributed by atoms with van der Waals surface area (Å²) in [6, 6.07) is 75.1. The summed E-state index contributed by atoms with van der Waals surface area (Å²) in [4.78, 5) is 0. The highest BCUT2D eigenvalue weighted by Crippen LogP contribution is 2.46. The van der Waals surface area contributed by atoms with E-state index in [0.29, 0.717) is 5.69 Å². The van der Waals surface area contributed by atoms with Gasteiger partial charge >= 0.3 is 0 Å². The number of ether oxygens (including phenoxy) is 2. The molecule has 17 rings (SSSR count). The average molecular weight is 930 g/mol. The summed E-state index contributed by atoms with van der Waals surface area (Å²) in [5.41, 5.74) is 31.2. The minimum atomic E-state index is -0.223. The number of rotatable bonds is 4. The fourth-order valence-electron chi connectivity index (χ4n) is 13.9. The van der Waals surface area contributed by atoms with Crippen LogP contribution in [0.5, 0.6) is 23.0 Å². The van der Waals surface area contributed by atoms with Gasteiger partial charge in [-0.05, 0) is 120 Å². The largest absolute Gasteiger partial charge is 0.458 e. The molecule has 0 radical (unpaired) electrons. The van der Waals surface area contributed by atoms with Crippen molar-refractivity contribution in [3.8, 4) is 67.8 Å². The van der Waals surface area contributed by atoms with Crippen molar-refractivity contribution in [2.45, 2.75) is 12.8 Å². The Balaban J connectivity index is 0.971. The Bertz CT molecular complexity index is 4560. The van der Waals surface area contributed by atoms with Crippen LogP contribution in [0.2, 0.25) is 0 Å². The number of fused-ring (bicyclic) bond motifs is 14. The van der Waals surface area contributed by atoms with E-state index in [1.165, 1.54) is 93.2 Å². The van der Waals surface area contributed by atoms with Crippen LogP contribution in [0.3, 0.4) is 0 Å². The van der Waals surface area contributed by atoms with Gasteiger partial charge < -0.3 is 24.3 Å². The predicted molar refractivity (Wildman–Crippen MR) is 303 cm³/mol. The standard InChI is InChI=1S/C66H41B2N3O2/c69-64-62-54(72-52-31-15-29-50-60(52)67(62)46-35-33-44(40-21-9-3-10-22-40)58-56-42(38-17-5-1-6-18-38)25-13-27-48(56)70(50)65(46)58)37-55-63(64)68-47-36-34-45(41-23-11-4-12-24-41)59-57-43(39-19-7-2-8-20-39)26-14-28-49(57)71(66(47)59)51-30-16-32-53(73-55)61(51)68/h1-13,15-25,27-37H,14,26,69H2. The fourth-order valence-corrected chi connectivity index (χ4v) is 13.9. The van der Waals surface area contributed by atoms with E-state index in [0.717, 1.165) is 74.6 Å². The number of benzene rings is 10. The average Bonchev–Trinajstić information content (AvgIpc) is 4.06. The predicted octanol–water partition coefficient (Wildman–Crippen LogP) is 9.95. The second kappa shape index (κ2) is 14.5. The molecule has 12 aromatic rings. The normalized spacial score (nSPS) is 13.9. The monoisotopic (exact) mass is 929 g/mol. The van der Waals surface area contributed by atoms with Gasteiger partial charge in [-0.2, -0.15) is 0 Å². The van der Waals surface area contributed by atoms with E-state index in [2.05, 4.69) is 221 Å². The Kier molecular flexibility index (Phi) is 7.83. The van der Waals surface area contributed by atoms with E-state index in [9.17, 15) is 0 Å². The van der Waals surface area contributed by atoms with Crippen molar-refractivity contribution in [2.24, 2.45) is 0 Å². The van der Waals surface area contributed by atoms with Crippen LogP contribution in [-0.2, 0) is 0 Å². The summed E-state index contributed by atoms with van der Waals surface area (Å²) in [7, 11) is 0. The Morgan fingerprint density at radius 3 is 1.48 bits per heavy atom. The molecule has 5 aliphatic rings. The van der Waals surface area contributed by atoms with Crippen molar-refractivity contribution >= 4 is 96.2 Å². The quantitative estimate of drug-likeness (QED) is 0.141.